The highest BCUT2D eigenvalue weighted by Crippen LogP contribution is 2.13. The van der Waals surface area contributed by atoms with Gasteiger partial charge in [-0.25, -0.2) is 9.97 Å². The van der Waals surface area contributed by atoms with E-state index in [9.17, 15) is 0 Å². The minimum atomic E-state index is 0.558. The van der Waals surface area contributed by atoms with Gasteiger partial charge in [0.2, 0.25) is 0 Å². The van der Waals surface area contributed by atoms with Crippen LogP contribution in [0, 0.1) is 0 Å². The third-order valence-corrected chi connectivity index (χ3v) is 1.72. The first kappa shape index (κ1) is 7.19. The molecule has 1 rings (SSSR count). The molecule has 1 heterocycles. The van der Waals surface area contributed by atoms with Crippen LogP contribution in [0.2, 0.25) is 0 Å². The van der Waals surface area contributed by atoms with Crippen molar-refractivity contribution in [3.05, 3.63) is 24.3 Å². The molecule has 0 saturated carbocycles. The van der Waals surface area contributed by atoms with Gasteiger partial charge >= 0.3 is 0 Å². The van der Waals surface area contributed by atoms with Crippen LogP contribution in [0.1, 0.15) is 31.9 Å². The van der Waals surface area contributed by atoms with Crippen LogP contribution in [0.3, 0.4) is 0 Å². The molecule has 1 atom stereocenters. The highest BCUT2D eigenvalue weighted by Gasteiger charge is 2.01. The summed E-state index contributed by atoms with van der Waals surface area (Å²) in [5.74, 6) is 0.558. The molecule has 2 nitrogen and oxygen atoms in total. The van der Waals surface area contributed by atoms with Gasteiger partial charge in [0.1, 0.15) is 6.33 Å². The molecular weight excluding hydrogens is 124 g/mol. The molecule has 0 aromatic carbocycles. The van der Waals surface area contributed by atoms with Gasteiger partial charge in [0.05, 0.1) is 0 Å². The molecule has 0 aliphatic rings. The van der Waals surface area contributed by atoms with Crippen molar-refractivity contribution in [3.63, 3.8) is 0 Å². The van der Waals surface area contributed by atoms with E-state index in [1.807, 2.05) is 6.07 Å². The zero-order valence-corrected chi connectivity index (χ0v) is 6.41. The fraction of sp³-hybridized carbons (Fsp3) is 0.500. The van der Waals surface area contributed by atoms with Gasteiger partial charge in [0.25, 0.3) is 0 Å². The summed E-state index contributed by atoms with van der Waals surface area (Å²) in [5.41, 5.74) is 1.14. The topological polar surface area (TPSA) is 25.8 Å². The van der Waals surface area contributed by atoms with Crippen molar-refractivity contribution in [1.82, 2.24) is 9.97 Å². The smallest absolute Gasteiger partial charge is 0.115 e. The summed E-state index contributed by atoms with van der Waals surface area (Å²) in [4.78, 5) is 7.99. The number of aromatic nitrogens is 2. The summed E-state index contributed by atoms with van der Waals surface area (Å²) in [5, 5.41) is 0. The van der Waals surface area contributed by atoms with Crippen molar-refractivity contribution in [2.24, 2.45) is 0 Å². The lowest BCUT2D eigenvalue weighted by atomic mass is 10.1. The Bertz CT molecular complexity index is 184. The van der Waals surface area contributed by atoms with E-state index >= 15 is 0 Å². The Labute approximate surface area is 61.3 Å². The van der Waals surface area contributed by atoms with Crippen LogP contribution >= 0.6 is 0 Å². The summed E-state index contributed by atoms with van der Waals surface area (Å²) >= 11 is 0. The van der Waals surface area contributed by atoms with E-state index in [1.54, 1.807) is 12.5 Å². The zero-order chi connectivity index (χ0) is 7.40. The van der Waals surface area contributed by atoms with Crippen molar-refractivity contribution in [3.8, 4) is 0 Å². The van der Waals surface area contributed by atoms with E-state index in [2.05, 4.69) is 23.8 Å². The third-order valence-electron chi connectivity index (χ3n) is 1.72. The lowest BCUT2D eigenvalue weighted by Crippen LogP contribution is -1.94. The van der Waals surface area contributed by atoms with Crippen LogP contribution < -0.4 is 0 Å². The first-order chi connectivity index (χ1) is 4.84. The minimum absolute atomic E-state index is 0.558. The second-order valence-corrected chi connectivity index (χ2v) is 2.44. The van der Waals surface area contributed by atoms with E-state index in [0.29, 0.717) is 5.92 Å². The predicted molar refractivity (Wildman–Crippen MR) is 40.7 cm³/mol. The van der Waals surface area contributed by atoms with Gasteiger partial charge in [0.15, 0.2) is 0 Å². The Morgan fingerprint density at radius 3 is 2.90 bits per heavy atom. The Balaban J connectivity index is 2.75. The molecule has 2 heteroatoms. The van der Waals surface area contributed by atoms with Gasteiger partial charge in [-0.15, -0.1) is 0 Å². The van der Waals surface area contributed by atoms with E-state index < -0.39 is 0 Å². The summed E-state index contributed by atoms with van der Waals surface area (Å²) in [7, 11) is 0. The molecule has 10 heavy (non-hydrogen) atoms. The largest absolute Gasteiger partial charge is 0.245 e. The minimum Gasteiger partial charge on any atom is -0.245 e. The molecule has 0 aliphatic heterocycles. The van der Waals surface area contributed by atoms with Gasteiger partial charge in [-0.2, -0.15) is 0 Å². The lowest BCUT2D eigenvalue weighted by molar-refractivity contribution is 0.704. The number of nitrogens with zero attached hydrogens (tertiary/aromatic N) is 2. The predicted octanol–water partition coefficient (Wildman–Crippen LogP) is 1.99. The van der Waals surface area contributed by atoms with Crippen LogP contribution in [0.25, 0.3) is 0 Å². The van der Waals surface area contributed by atoms with Crippen molar-refractivity contribution in [2.75, 3.05) is 0 Å². The molecule has 1 aromatic heterocycles. The molecule has 0 saturated heterocycles. The molecule has 0 N–H and O–H groups in total. The maximum atomic E-state index is 4.14. The molecule has 0 radical (unpaired) electrons. The first-order valence-corrected chi connectivity index (χ1v) is 3.60. The second-order valence-electron chi connectivity index (χ2n) is 2.44. The monoisotopic (exact) mass is 136 g/mol. The molecule has 0 spiro atoms. The fourth-order valence-corrected chi connectivity index (χ4v) is 0.802. The number of rotatable bonds is 2. The lowest BCUT2D eigenvalue weighted by Gasteiger charge is -2.04. The summed E-state index contributed by atoms with van der Waals surface area (Å²) < 4.78 is 0. The van der Waals surface area contributed by atoms with Crippen molar-refractivity contribution in [1.29, 1.82) is 0 Å². The molecule has 0 amide bonds. The van der Waals surface area contributed by atoms with Crippen LogP contribution in [0.5, 0.6) is 0 Å². The summed E-state index contributed by atoms with van der Waals surface area (Å²) in [6.07, 6.45) is 4.52. The molecule has 54 valence electrons. The van der Waals surface area contributed by atoms with Gasteiger partial charge in [0, 0.05) is 11.9 Å². The Morgan fingerprint density at radius 2 is 2.40 bits per heavy atom. The molecule has 1 aromatic rings. The molecule has 0 unspecified atom stereocenters. The normalized spacial score (nSPS) is 13.0. The van der Waals surface area contributed by atoms with Gasteiger partial charge in [-0.05, 0) is 18.4 Å². The Morgan fingerprint density at radius 1 is 1.60 bits per heavy atom. The van der Waals surface area contributed by atoms with Crippen molar-refractivity contribution >= 4 is 0 Å². The van der Waals surface area contributed by atoms with E-state index in [1.165, 1.54) is 0 Å². The fourth-order valence-electron chi connectivity index (χ4n) is 0.802. The highest BCUT2D eigenvalue weighted by atomic mass is 14.8. The summed E-state index contributed by atoms with van der Waals surface area (Å²) in [6, 6.07) is 1.97. The molecule has 0 aliphatic carbocycles. The first-order valence-electron chi connectivity index (χ1n) is 3.60. The number of hydrogen-bond donors (Lipinski definition) is 0. The quantitative estimate of drug-likeness (QED) is 0.621. The highest BCUT2D eigenvalue weighted by molar-refractivity contribution is 5.03. The average Bonchev–Trinajstić information content (AvgIpc) is 2.05. The second kappa shape index (κ2) is 3.30. The van der Waals surface area contributed by atoms with E-state index in [-0.39, 0.29) is 0 Å². The third kappa shape index (κ3) is 1.53. The summed E-state index contributed by atoms with van der Waals surface area (Å²) in [6.45, 7) is 4.33. The Hall–Kier alpha value is -0.920. The molecule has 0 bridgehead atoms. The van der Waals surface area contributed by atoms with E-state index in [4.69, 9.17) is 0 Å². The standard InChI is InChI=1S/C8H12N2/c1-3-7(2)8-4-5-9-6-10-8/h4-7H,3H2,1-2H3/t7-/m1/s1. The number of hydrogen-bond acceptors (Lipinski definition) is 2. The maximum Gasteiger partial charge on any atom is 0.115 e. The Kier molecular flexibility index (Phi) is 2.37. The van der Waals surface area contributed by atoms with Gasteiger partial charge in [-0.1, -0.05) is 13.8 Å². The molecular formula is C8H12N2. The average molecular weight is 136 g/mol. The zero-order valence-electron chi connectivity index (χ0n) is 6.41. The SMILES string of the molecule is CC[C@@H](C)c1ccncn1. The van der Waals surface area contributed by atoms with Crippen molar-refractivity contribution in [2.45, 2.75) is 26.2 Å². The van der Waals surface area contributed by atoms with Crippen molar-refractivity contribution < 1.29 is 0 Å². The molecule has 0 fully saturated rings. The van der Waals surface area contributed by atoms with Crippen LogP contribution in [0.4, 0.5) is 0 Å². The maximum absolute atomic E-state index is 4.14. The van der Waals surface area contributed by atoms with Crippen LogP contribution in [-0.4, -0.2) is 9.97 Å². The van der Waals surface area contributed by atoms with Crippen LogP contribution in [-0.2, 0) is 0 Å². The van der Waals surface area contributed by atoms with Gasteiger partial charge in [-0.3, -0.25) is 0 Å². The van der Waals surface area contributed by atoms with E-state index in [0.717, 1.165) is 12.1 Å². The van der Waals surface area contributed by atoms with Gasteiger partial charge < -0.3 is 0 Å². The van der Waals surface area contributed by atoms with Crippen LogP contribution in [0.15, 0.2) is 18.6 Å².